The van der Waals surface area contributed by atoms with Gasteiger partial charge >= 0.3 is 0 Å². The van der Waals surface area contributed by atoms with Crippen LogP contribution in [0.15, 0.2) is 0 Å². The number of hydrogen-bond donors (Lipinski definition) is 0. The highest BCUT2D eigenvalue weighted by atomic mass is 16.5. The first-order chi connectivity index (χ1) is 8.00. The largest absolute Gasteiger partial charge is 0.360 e. The van der Waals surface area contributed by atoms with Crippen LogP contribution >= 0.6 is 0 Å². The van der Waals surface area contributed by atoms with Crippen molar-refractivity contribution in [1.29, 1.82) is 0 Å². The lowest BCUT2D eigenvalue weighted by atomic mass is 9.99. The first-order valence-electron chi connectivity index (χ1n) is 7.15. The van der Waals surface area contributed by atoms with E-state index in [0.29, 0.717) is 12.1 Å². The van der Waals surface area contributed by atoms with E-state index in [1.807, 2.05) is 0 Å². The van der Waals surface area contributed by atoms with Crippen molar-refractivity contribution >= 4 is 0 Å². The Bertz CT molecular complexity index is 265. The van der Waals surface area contributed by atoms with E-state index in [-0.39, 0.29) is 11.1 Å². The van der Waals surface area contributed by atoms with Gasteiger partial charge in [0.2, 0.25) is 0 Å². The van der Waals surface area contributed by atoms with Crippen LogP contribution in [0.4, 0.5) is 0 Å². The molecule has 0 spiro atoms. The zero-order chi connectivity index (χ0) is 14.1. The number of hydrogen-bond acceptors (Lipinski definition) is 3. The Kier molecular flexibility index (Phi) is 4.85. The summed E-state index contributed by atoms with van der Waals surface area (Å²) in [5.74, 6) is 0. The van der Waals surface area contributed by atoms with Crippen molar-refractivity contribution in [2.75, 3.05) is 19.8 Å². The molecule has 3 nitrogen and oxygen atoms in total. The molecule has 3 heteroatoms. The van der Waals surface area contributed by atoms with Gasteiger partial charge in [-0.3, -0.25) is 9.80 Å². The summed E-state index contributed by atoms with van der Waals surface area (Å²) in [6.45, 7) is 20.8. The van der Waals surface area contributed by atoms with Gasteiger partial charge in [0.05, 0.1) is 5.60 Å². The molecule has 0 saturated carbocycles. The van der Waals surface area contributed by atoms with Gasteiger partial charge in [-0.1, -0.05) is 0 Å². The fraction of sp³-hybridized carbons (Fsp3) is 1.00. The van der Waals surface area contributed by atoms with Crippen molar-refractivity contribution in [2.24, 2.45) is 0 Å². The molecule has 1 aliphatic rings. The van der Waals surface area contributed by atoms with Crippen LogP contribution in [0, 0.1) is 0 Å². The van der Waals surface area contributed by atoms with E-state index in [1.165, 1.54) is 0 Å². The van der Waals surface area contributed by atoms with Gasteiger partial charge in [0.25, 0.3) is 0 Å². The lowest BCUT2D eigenvalue weighted by Crippen LogP contribution is -2.61. The Morgan fingerprint density at radius 2 is 1.50 bits per heavy atom. The Morgan fingerprint density at radius 3 is 1.94 bits per heavy atom. The van der Waals surface area contributed by atoms with Crippen LogP contribution in [0.25, 0.3) is 0 Å². The SMILES string of the molecule is CC1CN(C(C)(C)C)C(C)CN1COC(C)(C)C. The number of piperazine rings is 1. The van der Waals surface area contributed by atoms with Crippen LogP contribution in [0.2, 0.25) is 0 Å². The third kappa shape index (κ3) is 4.52. The molecule has 2 atom stereocenters. The molecule has 18 heavy (non-hydrogen) atoms. The van der Waals surface area contributed by atoms with Crippen molar-refractivity contribution in [3.8, 4) is 0 Å². The molecular formula is C15H32N2O. The summed E-state index contributed by atoms with van der Waals surface area (Å²) in [5, 5.41) is 0. The van der Waals surface area contributed by atoms with Gasteiger partial charge in [0.15, 0.2) is 0 Å². The predicted octanol–water partition coefficient (Wildman–Crippen LogP) is 2.95. The second kappa shape index (κ2) is 5.48. The highest BCUT2D eigenvalue weighted by molar-refractivity contribution is 4.90. The smallest absolute Gasteiger partial charge is 0.100 e. The molecule has 0 bridgehead atoms. The molecule has 0 aliphatic carbocycles. The Labute approximate surface area is 113 Å². The average Bonchev–Trinajstić information content (AvgIpc) is 2.15. The number of rotatable bonds is 2. The van der Waals surface area contributed by atoms with Gasteiger partial charge in [0.1, 0.15) is 6.73 Å². The Morgan fingerprint density at radius 1 is 0.944 bits per heavy atom. The molecule has 1 heterocycles. The van der Waals surface area contributed by atoms with Crippen molar-refractivity contribution in [1.82, 2.24) is 9.80 Å². The fourth-order valence-electron chi connectivity index (χ4n) is 2.59. The zero-order valence-electron chi connectivity index (χ0n) is 13.6. The normalized spacial score (nSPS) is 28.7. The summed E-state index contributed by atoms with van der Waals surface area (Å²) < 4.78 is 5.92. The lowest BCUT2D eigenvalue weighted by Gasteiger charge is -2.50. The molecule has 0 aromatic carbocycles. The standard InChI is InChI=1S/C15H32N2O/c1-12-10-17(14(3,4)5)13(2)9-16(12)11-18-15(6,7)8/h12-13H,9-11H2,1-8H3. The van der Waals surface area contributed by atoms with E-state index in [1.54, 1.807) is 0 Å². The van der Waals surface area contributed by atoms with Gasteiger partial charge < -0.3 is 4.74 Å². The maximum absolute atomic E-state index is 5.92. The van der Waals surface area contributed by atoms with Crippen LogP contribution in [0.5, 0.6) is 0 Å². The van der Waals surface area contributed by atoms with Crippen molar-refractivity contribution < 1.29 is 4.74 Å². The summed E-state index contributed by atoms with van der Waals surface area (Å²) in [6, 6.07) is 1.15. The van der Waals surface area contributed by atoms with Crippen LogP contribution < -0.4 is 0 Å². The third-order valence-electron chi connectivity index (χ3n) is 3.64. The lowest BCUT2D eigenvalue weighted by molar-refractivity contribution is -0.107. The predicted molar refractivity (Wildman–Crippen MR) is 77.8 cm³/mol. The van der Waals surface area contributed by atoms with Gasteiger partial charge in [-0.05, 0) is 55.4 Å². The van der Waals surface area contributed by atoms with E-state index >= 15 is 0 Å². The molecular weight excluding hydrogens is 224 g/mol. The van der Waals surface area contributed by atoms with Crippen molar-refractivity contribution in [3.63, 3.8) is 0 Å². The van der Waals surface area contributed by atoms with E-state index < -0.39 is 0 Å². The summed E-state index contributed by atoms with van der Waals surface area (Å²) in [7, 11) is 0. The minimum Gasteiger partial charge on any atom is -0.360 e. The molecule has 0 N–H and O–H groups in total. The van der Waals surface area contributed by atoms with Gasteiger partial charge in [-0.15, -0.1) is 0 Å². The Balaban J connectivity index is 2.57. The first kappa shape index (κ1) is 15.9. The van der Waals surface area contributed by atoms with Crippen molar-refractivity contribution in [2.45, 2.75) is 78.6 Å². The van der Waals surface area contributed by atoms with E-state index in [9.17, 15) is 0 Å². The average molecular weight is 256 g/mol. The van der Waals surface area contributed by atoms with Crippen LogP contribution in [0.3, 0.4) is 0 Å². The minimum absolute atomic E-state index is 0.0515. The Hall–Kier alpha value is -0.120. The first-order valence-corrected chi connectivity index (χ1v) is 7.15. The van der Waals surface area contributed by atoms with Crippen molar-refractivity contribution in [3.05, 3.63) is 0 Å². The number of ether oxygens (including phenoxy) is 1. The molecule has 1 aliphatic heterocycles. The van der Waals surface area contributed by atoms with E-state index in [0.717, 1.165) is 19.8 Å². The molecule has 1 rings (SSSR count). The summed E-state index contributed by atoms with van der Waals surface area (Å²) in [4.78, 5) is 5.06. The van der Waals surface area contributed by atoms with Gasteiger partial charge in [0, 0.05) is 30.7 Å². The quantitative estimate of drug-likeness (QED) is 0.755. The maximum atomic E-state index is 5.92. The molecule has 2 unspecified atom stereocenters. The van der Waals surface area contributed by atoms with Crippen LogP contribution in [0.1, 0.15) is 55.4 Å². The summed E-state index contributed by atoms with van der Waals surface area (Å²) >= 11 is 0. The molecule has 0 aromatic rings. The highest BCUT2D eigenvalue weighted by Crippen LogP contribution is 2.24. The molecule has 0 radical (unpaired) electrons. The highest BCUT2D eigenvalue weighted by Gasteiger charge is 2.35. The molecule has 108 valence electrons. The molecule has 0 aromatic heterocycles. The van der Waals surface area contributed by atoms with Gasteiger partial charge in [-0.2, -0.15) is 0 Å². The van der Waals surface area contributed by atoms with Gasteiger partial charge in [-0.25, -0.2) is 0 Å². The van der Waals surface area contributed by atoms with Crippen LogP contribution in [-0.4, -0.2) is 52.8 Å². The fourth-order valence-corrected chi connectivity index (χ4v) is 2.59. The van der Waals surface area contributed by atoms with Crippen LogP contribution in [-0.2, 0) is 4.74 Å². The second-order valence-corrected chi connectivity index (χ2v) is 7.68. The monoisotopic (exact) mass is 256 g/mol. The third-order valence-corrected chi connectivity index (χ3v) is 3.64. The van der Waals surface area contributed by atoms with E-state index in [4.69, 9.17) is 4.74 Å². The molecule has 0 amide bonds. The molecule has 1 saturated heterocycles. The second-order valence-electron chi connectivity index (χ2n) is 7.68. The van der Waals surface area contributed by atoms with E-state index in [2.05, 4.69) is 65.2 Å². The topological polar surface area (TPSA) is 15.7 Å². The molecule has 1 fully saturated rings. The summed E-state index contributed by atoms with van der Waals surface area (Å²) in [5.41, 5.74) is 0.203. The minimum atomic E-state index is -0.0515. The zero-order valence-corrected chi connectivity index (χ0v) is 13.6. The number of nitrogens with zero attached hydrogens (tertiary/aromatic N) is 2. The maximum Gasteiger partial charge on any atom is 0.100 e. The summed E-state index contributed by atoms with van der Waals surface area (Å²) in [6.07, 6.45) is 0.